The van der Waals surface area contributed by atoms with Gasteiger partial charge in [-0.05, 0) is 18.1 Å². The molecule has 1 aromatic heterocycles. The first-order chi connectivity index (χ1) is 16.5. The molecule has 4 heterocycles. The van der Waals surface area contributed by atoms with E-state index in [0.717, 1.165) is 41.9 Å². The van der Waals surface area contributed by atoms with Crippen molar-refractivity contribution in [2.75, 3.05) is 64.5 Å². The highest BCUT2D eigenvalue weighted by molar-refractivity contribution is 7.20. The number of rotatable bonds is 5. The Labute approximate surface area is 203 Å². The summed E-state index contributed by atoms with van der Waals surface area (Å²) in [5, 5.41) is 3.69. The number of nitrogens with zero attached hydrogens (tertiary/aromatic N) is 2. The summed E-state index contributed by atoms with van der Waals surface area (Å²) >= 11 is 1.47. The fraction of sp³-hybridized carbons (Fsp3) is 0.520. The van der Waals surface area contributed by atoms with Crippen molar-refractivity contribution >= 4 is 28.2 Å². The highest BCUT2D eigenvalue weighted by atomic mass is 32.1. The van der Waals surface area contributed by atoms with Gasteiger partial charge in [-0.1, -0.05) is 30.3 Å². The predicted molar refractivity (Wildman–Crippen MR) is 130 cm³/mol. The Morgan fingerprint density at radius 3 is 2.35 bits per heavy atom. The van der Waals surface area contributed by atoms with Gasteiger partial charge in [-0.3, -0.25) is 14.5 Å². The number of ether oxygens (including phenoxy) is 3. The Morgan fingerprint density at radius 2 is 1.68 bits per heavy atom. The minimum Gasteiger partial charge on any atom is -0.378 e. The van der Waals surface area contributed by atoms with Crippen molar-refractivity contribution in [3.05, 3.63) is 41.5 Å². The number of carbonyl (C=O) groups is 2. The topological polar surface area (TPSA) is 80.3 Å². The van der Waals surface area contributed by atoms with Crippen LogP contribution in [-0.4, -0.2) is 86.6 Å². The van der Waals surface area contributed by atoms with Crippen LogP contribution in [0.15, 0.2) is 30.3 Å². The number of hydrogen-bond donors (Lipinski definition) is 1. The zero-order valence-electron chi connectivity index (χ0n) is 19.5. The van der Waals surface area contributed by atoms with Crippen LogP contribution in [0.2, 0.25) is 0 Å². The lowest BCUT2D eigenvalue weighted by Gasteiger charge is -2.37. The summed E-state index contributed by atoms with van der Waals surface area (Å²) in [5.74, 6) is -0.619. The molecule has 2 aromatic rings. The summed E-state index contributed by atoms with van der Waals surface area (Å²) < 4.78 is 17.0. The molecule has 34 heavy (non-hydrogen) atoms. The van der Waals surface area contributed by atoms with E-state index in [4.69, 9.17) is 14.2 Å². The summed E-state index contributed by atoms with van der Waals surface area (Å²) in [6.45, 7) is 7.19. The standard InChI is InChI=1S/C25H31N3O5S/c1-18-21(24(30)28-11-13-31-14-12-28)23(34-22(18)19-5-3-2-4-6-19)26-20(29)17-27-9-7-25(8-10-27)32-15-16-33-25/h2-6H,7-17H2,1H3,(H,26,29). The van der Waals surface area contributed by atoms with Gasteiger partial charge in [-0.15, -0.1) is 11.3 Å². The number of amides is 2. The molecule has 3 saturated heterocycles. The minimum absolute atomic E-state index is 0.0509. The third-order valence-electron chi connectivity index (χ3n) is 6.75. The van der Waals surface area contributed by atoms with Gasteiger partial charge in [-0.2, -0.15) is 0 Å². The Kier molecular flexibility index (Phi) is 6.99. The number of benzene rings is 1. The molecule has 3 aliphatic heterocycles. The van der Waals surface area contributed by atoms with Crippen LogP contribution < -0.4 is 5.32 Å². The van der Waals surface area contributed by atoms with Crippen molar-refractivity contribution in [3.63, 3.8) is 0 Å². The van der Waals surface area contributed by atoms with E-state index in [2.05, 4.69) is 10.2 Å². The Balaban J connectivity index is 1.33. The van der Waals surface area contributed by atoms with Gasteiger partial charge in [0.05, 0.1) is 38.5 Å². The first kappa shape index (κ1) is 23.4. The fourth-order valence-corrected chi connectivity index (χ4v) is 6.08. The van der Waals surface area contributed by atoms with E-state index in [1.165, 1.54) is 11.3 Å². The highest BCUT2D eigenvalue weighted by Gasteiger charge is 2.40. The van der Waals surface area contributed by atoms with Crippen LogP contribution in [0, 0.1) is 6.92 Å². The first-order valence-electron chi connectivity index (χ1n) is 11.9. The van der Waals surface area contributed by atoms with E-state index in [1.807, 2.05) is 42.2 Å². The van der Waals surface area contributed by atoms with Gasteiger partial charge in [0.2, 0.25) is 5.91 Å². The van der Waals surface area contributed by atoms with E-state index in [0.29, 0.717) is 50.1 Å². The molecule has 0 atom stereocenters. The van der Waals surface area contributed by atoms with E-state index in [-0.39, 0.29) is 18.4 Å². The van der Waals surface area contributed by atoms with Gasteiger partial charge in [0.1, 0.15) is 5.00 Å². The van der Waals surface area contributed by atoms with Crippen molar-refractivity contribution in [2.45, 2.75) is 25.6 Å². The second-order valence-corrected chi connectivity index (χ2v) is 9.98. The molecule has 0 unspecified atom stereocenters. The average molecular weight is 486 g/mol. The molecular formula is C25H31N3O5S. The molecule has 8 nitrogen and oxygen atoms in total. The molecule has 3 aliphatic rings. The molecular weight excluding hydrogens is 454 g/mol. The van der Waals surface area contributed by atoms with Crippen LogP contribution in [0.3, 0.4) is 0 Å². The number of anilines is 1. The normalized spacial score (nSPS) is 20.6. The van der Waals surface area contributed by atoms with Gasteiger partial charge >= 0.3 is 0 Å². The fourth-order valence-electron chi connectivity index (χ4n) is 4.86. The maximum absolute atomic E-state index is 13.5. The second-order valence-electron chi connectivity index (χ2n) is 8.96. The number of nitrogens with one attached hydrogen (secondary N) is 1. The number of likely N-dealkylation sites (tertiary alicyclic amines) is 1. The molecule has 2 amide bonds. The van der Waals surface area contributed by atoms with Crippen molar-refractivity contribution in [3.8, 4) is 10.4 Å². The molecule has 0 aliphatic carbocycles. The van der Waals surface area contributed by atoms with Gasteiger partial charge in [0.25, 0.3) is 5.91 Å². The molecule has 0 saturated carbocycles. The molecule has 0 bridgehead atoms. The van der Waals surface area contributed by atoms with Crippen LogP contribution in [0.4, 0.5) is 5.00 Å². The molecule has 5 rings (SSSR count). The number of morpholine rings is 1. The quantitative estimate of drug-likeness (QED) is 0.702. The number of carbonyl (C=O) groups excluding carboxylic acids is 2. The molecule has 3 fully saturated rings. The van der Waals surface area contributed by atoms with Crippen molar-refractivity contribution in [1.29, 1.82) is 0 Å². The lowest BCUT2D eigenvalue weighted by molar-refractivity contribution is -0.185. The number of thiophene rings is 1. The van der Waals surface area contributed by atoms with Crippen LogP contribution in [0.5, 0.6) is 0 Å². The predicted octanol–water partition coefficient (Wildman–Crippen LogP) is 2.97. The third-order valence-corrected chi connectivity index (χ3v) is 8.00. The lowest BCUT2D eigenvalue weighted by atomic mass is 10.0. The van der Waals surface area contributed by atoms with Crippen molar-refractivity contribution in [2.24, 2.45) is 0 Å². The smallest absolute Gasteiger partial charge is 0.257 e. The SMILES string of the molecule is Cc1c(-c2ccccc2)sc(NC(=O)CN2CCC3(CC2)OCCO3)c1C(=O)N1CCOCC1. The molecule has 1 aromatic carbocycles. The monoisotopic (exact) mass is 485 g/mol. The summed E-state index contributed by atoms with van der Waals surface area (Å²) in [6, 6.07) is 10.0. The molecule has 9 heteroatoms. The zero-order valence-corrected chi connectivity index (χ0v) is 20.3. The summed E-state index contributed by atoms with van der Waals surface area (Å²) in [7, 11) is 0. The number of hydrogen-bond acceptors (Lipinski definition) is 7. The molecule has 1 N–H and O–H groups in total. The van der Waals surface area contributed by atoms with Gasteiger partial charge in [0, 0.05) is 43.9 Å². The summed E-state index contributed by atoms with van der Waals surface area (Å²) in [4.78, 5) is 31.5. The Morgan fingerprint density at radius 1 is 1.00 bits per heavy atom. The highest BCUT2D eigenvalue weighted by Crippen LogP contribution is 2.40. The van der Waals surface area contributed by atoms with Crippen LogP contribution in [0.1, 0.15) is 28.8 Å². The van der Waals surface area contributed by atoms with Crippen LogP contribution >= 0.6 is 11.3 Å². The Hall–Kier alpha value is -2.30. The zero-order chi connectivity index (χ0) is 23.5. The van der Waals surface area contributed by atoms with Crippen molar-refractivity contribution < 1.29 is 23.8 Å². The first-order valence-corrected chi connectivity index (χ1v) is 12.7. The summed E-state index contributed by atoms with van der Waals surface area (Å²) in [5.41, 5.74) is 2.53. The van der Waals surface area contributed by atoms with E-state index < -0.39 is 5.79 Å². The average Bonchev–Trinajstić information content (AvgIpc) is 3.45. The van der Waals surface area contributed by atoms with E-state index in [1.54, 1.807) is 0 Å². The van der Waals surface area contributed by atoms with Gasteiger partial charge in [0.15, 0.2) is 5.79 Å². The number of piperidine rings is 1. The van der Waals surface area contributed by atoms with Crippen molar-refractivity contribution in [1.82, 2.24) is 9.80 Å². The summed E-state index contributed by atoms with van der Waals surface area (Å²) in [6.07, 6.45) is 1.52. The second kappa shape index (κ2) is 10.1. The molecule has 1 spiro atoms. The minimum atomic E-state index is -0.458. The van der Waals surface area contributed by atoms with E-state index in [9.17, 15) is 9.59 Å². The van der Waals surface area contributed by atoms with Crippen LogP contribution in [0.25, 0.3) is 10.4 Å². The van der Waals surface area contributed by atoms with Crippen LogP contribution in [-0.2, 0) is 19.0 Å². The lowest BCUT2D eigenvalue weighted by Crippen LogP contribution is -2.47. The maximum atomic E-state index is 13.5. The molecule has 182 valence electrons. The third kappa shape index (κ3) is 4.89. The maximum Gasteiger partial charge on any atom is 0.257 e. The largest absolute Gasteiger partial charge is 0.378 e. The van der Waals surface area contributed by atoms with Gasteiger partial charge < -0.3 is 24.4 Å². The van der Waals surface area contributed by atoms with Gasteiger partial charge in [-0.25, -0.2) is 0 Å². The van der Waals surface area contributed by atoms with E-state index >= 15 is 0 Å². The Bertz CT molecular complexity index is 1020. The molecule has 0 radical (unpaired) electrons.